The van der Waals surface area contributed by atoms with Crippen LogP contribution in [-0.2, 0) is 6.54 Å². The van der Waals surface area contributed by atoms with Crippen molar-refractivity contribution in [1.82, 2.24) is 19.4 Å². The van der Waals surface area contributed by atoms with Gasteiger partial charge in [0.1, 0.15) is 5.69 Å². The van der Waals surface area contributed by atoms with E-state index in [4.69, 9.17) is 0 Å². The summed E-state index contributed by atoms with van der Waals surface area (Å²) in [4.78, 5) is 26.3. The Morgan fingerprint density at radius 3 is 2.50 bits per heavy atom. The Hall–Kier alpha value is -3.15. The van der Waals surface area contributed by atoms with Crippen LogP contribution < -0.4 is 4.90 Å². The van der Waals surface area contributed by atoms with E-state index in [1.807, 2.05) is 17.0 Å². The maximum atomic E-state index is 13.6. The van der Waals surface area contributed by atoms with Crippen LogP contribution in [0.25, 0.3) is 10.9 Å². The second-order valence-corrected chi connectivity index (χ2v) is 8.13. The fraction of sp³-hybridized carbons (Fsp3) is 0.375. The molecule has 6 nitrogen and oxygen atoms in total. The lowest BCUT2D eigenvalue weighted by molar-refractivity contribution is 0.0735. The number of piperazine rings is 1. The van der Waals surface area contributed by atoms with Gasteiger partial charge in [0, 0.05) is 56.0 Å². The van der Waals surface area contributed by atoms with Crippen LogP contribution in [0.4, 0.5) is 5.95 Å². The number of hydrogen-bond donors (Lipinski definition) is 0. The molecule has 1 aromatic carbocycles. The van der Waals surface area contributed by atoms with Crippen molar-refractivity contribution in [1.29, 1.82) is 0 Å². The molecular weight excluding hydrogens is 374 g/mol. The lowest BCUT2D eigenvalue weighted by atomic mass is 10.0. The van der Waals surface area contributed by atoms with Gasteiger partial charge in [0.25, 0.3) is 5.91 Å². The highest BCUT2D eigenvalue weighted by atomic mass is 16.2. The van der Waals surface area contributed by atoms with E-state index in [9.17, 15) is 4.79 Å². The van der Waals surface area contributed by atoms with Gasteiger partial charge >= 0.3 is 0 Å². The summed E-state index contributed by atoms with van der Waals surface area (Å²) in [7, 11) is 0. The van der Waals surface area contributed by atoms with Crippen molar-refractivity contribution in [2.75, 3.05) is 31.1 Å². The first-order chi connectivity index (χ1) is 14.5. The molecule has 0 radical (unpaired) electrons. The van der Waals surface area contributed by atoms with Gasteiger partial charge in [-0.2, -0.15) is 0 Å². The maximum absolute atomic E-state index is 13.6. The Morgan fingerprint density at radius 1 is 1.17 bits per heavy atom. The zero-order valence-electron chi connectivity index (χ0n) is 18.0. The zero-order chi connectivity index (χ0) is 21.3. The highest BCUT2D eigenvalue weighted by Crippen LogP contribution is 2.30. The number of amides is 1. The highest BCUT2D eigenvalue weighted by Gasteiger charge is 2.28. The fourth-order valence-corrected chi connectivity index (χ4v) is 4.21. The van der Waals surface area contributed by atoms with Gasteiger partial charge in [-0.25, -0.2) is 9.97 Å². The van der Waals surface area contributed by atoms with E-state index in [1.54, 1.807) is 12.4 Å². The Morgan fingerprint density at radius 2 is 1.87 bits per heavy atom. The zero-order valence-corrected chi connectivity index (χ0v) is 18.0. The third-order valence-electron chi connectivity index (χ3n) is 5.92. The van der Waals surface area contributed by atoms with Crippen molar-refractivity contribution in [3.63, 3.8) is 0 Å². The van der Waals surface area contributed by atoms with Crippen LogP contribution >= 0.6 is 0 Å². The van der Waals surface area contributed by atoms with E-state index < -0.39 is 0 Å². The topological polar surface area (TPSA) is 54.3 Å². The molecule has 2 aromatic heterocycles. The molecule has 1 saturated heterocycles. The minimum Gasteiger partial charge on any atom is -0.337 e. The molecule has 1 aliphatic heterocycles. The van der Waals surface area contributed by atoms with Gasteiger partial charge < -0.3 is 14.4 Å². The largest absolute Gasteiger partial charge is 0.337 e. The van der Waals surface area contributed by atoms with E-state index in [0.29, 0.717) is 25.6 Å². The molecule has 0 atom stereocenters. The van der Waals surface area contributed by atoms with E-state index in [0.717, 1.165) is 41.2 Å². The number of carbonyl (C=O) groups is 1. The molecule has 0 saturated carbocycles. The average molecular weight is 404 g/mol. The van der Waals surface area contributed by atoms with Gasteiger partial charge in [-0.05, 0) is 42.2 Å². The minimum atomic E-state index is 0.0882. The van der Waals surface area contributed by atoms with E-state index in [-0.39, 0.29) is 5.91 Å². The Balaban J connectivity index is 1.63. The van der Waals surface area contributed by atoms with Crippen molar-refractivity contribution in [2.45, 2.75) is 33.2 Å². The molecule has 3 heterocycles. The van der Waals surface area contributed by atoms with Gasteiger partial charge in [0.05, 0.1) is 0 Å². The van der Waals surface area contributed by atoms with Crippen LogP contribution in [0.5, 0.6) is 0 Å². The summed E-state index contributed by atoms with van der Waals surface area (Å²) in [5.74, 6) is 1.26. The molecule has 6 heteroatoms. The van der Waals surface area contributed by atoms with Crippen molar-refractivity contribution >= 4 is 22.8 Å². The molecule has 1 amide bonds. The van der Waals surface area contributed by atoms with Crippen molar-refractivity contribution in [2.24, 2.45) is 0 Å². The summed E-state index contributed by atoms with van der Waals surface area (Å²) >= 11 is 0. The van der Waals surface area contributed by atoms with Gasteiger partial charge in [-0.1, -0.05) is 26.0 Å². The number of fused-ring (bicyclic) bond motifs is 1. The standard InChI is InChI=1S/C24H29N5O/c1-5-11-29-21-8-7-19(17(2)3)16-20(21)18(4)22(29)23(30)27-12-14-28(15-13-27)24-25-9-6-10-26-24/h5-10,16-17H,1,11-15H2,2-4H3. The van der Waals surface area contributed by atoms with Crippen LogP contribution in [0.1, 0.15) is 41.4 Å². The van der Waals surface area contributed by atoms with E-state index in [1.165, 1.54) is 5.56 Å². The summed E-state index contributed by atoms with van der Waals surface area (Å²) in [5, 5.41) is 1.16. The number of allylic oxidation sites excluding steroid dienone is 1. The van der Waals surface area contributed by atoms with E-state index in [2.05, 4.69) is 65.0 Å². The molecule has 0 bridgehead atoms. The summed E-state index contributed by atoms with van der Waals surface area (Å²) in [5.41, 5.74) is 4.21. The number of anilines is 1. The first kappa shape index (κ1) is 20.1. The van der Waals surface area contributed by atoms with Gasteiger partial charge in [-0.3, -0.25) is 4.79 Å². The van der Waals surface area contributed by atoms with Crippen molar-refractivity contribution < 1.29 is 4.79 Å². The number of nitrogens with zero attached hydrogens (tertiary/aromatic N) is 5. The van der Waals surface area contributed by atoms with Crippen molar-refractivity contribution in [3.8, 4) is 0 Å². The Kier molecular flexibility index (Phi) is 5.57. The van der Waals surface area contributed by atoms with Gasteiger partial charge in [0.15, 0.2) is 0 Å². The Labute approximate surface area is 177 Å². The highest BCUT2D eigenvalue weighted by molar-refractivity contribution is 6.02. The smallest absolute Gasteiger partial charge is 0.270 e. The maximum Gasteiger partial charge on any atom is 0.270 e. The number of rotatable bonds is 5. The van der Waals surface area contributed by atoms with Crippen LogP contribution in [0.15, 0.2) is 49.3 Å². The molecule has 3 aromatic rings. The van der Waals surface area contributed by atoms with Gasteiger partial charge in [-0.15, -0.1) is 6.58 Å². The third-order valence-corrected chi connectivity index (χ3v) is 5.92. The van der Waals surface area contributed by atoms with Crippen LogP contribution in [-0.4, -0.2) is 51.5 Å². The summed E-state index contributed by atoms with van der Waals surface area (Å²) in [6.45, 7) is 13.7. The van der Waals surface area contributed by atoms with Crippen LogP contribution in [0.2, 0.25) is 0 Å². The molecule has 30 heavy (non-hydrogen) atoms. The monoisotopic (exact) mass is 403 g/mol. The predicted octanol–water partition coefficient (Wildman–Crippen LogP) is 4.01. The summed E-state index contributed by atoms with van der Waals surface area (Å²) in [6, 6.07) is 8.35. The predicted molar refractivity (Wildman–Crippen MR) is 121 cm³/mol. The van der Waals surface area contributed by atoms with Crippen LogP contribution in [0, 0.1) is 6.92 Å². The SMILES string of the molecule is C=CCn1c(C(=O)N2CCN(c3ncccn3)CC2)c(C)c2cc(C(C)C)ccc21. The summed E-state index contributed by atoms with van der Waals surface area (Å²) < 4.78 is 2.11. The number of aryl methyl sites for hydroxylation is 1. The van der Waals surface area contributed by atoms with E-state index >= 15 is 0 Å². The molecule has 0 unspecified atom stereocenters. The third kappa shape index (κ3) is 3.58. The lowest BCUT2D eigenvalue weighted by Crippen LogP contribution is -2.49. The molecule has 4 rings (SSSR count). The van der Waals surface area contributed by atoms with Crippen molar-refractivity contribution in [3.05, 3.63) is 66.1 Å². The lowest BCUT2D eigenvalue weighted by Gasteiger charge is -2.35. The fourth-order valence-electron chi connectivity index (χ4n) is 4.21. The summed E-state index contributed by atoms with van der Waals surface area (Å²) in [6.07, 6.45) is 5.36. The second kappa shape index (κ2) is 8.30. The quantitative estimate of drug-likeness (QED) is 0.604. The Bertz CT molecular complexity index is 1060. The molecular formula is C24H29N5O. The number of carbonyl (C=O) groups excluding carboxylic acids is 1. The number of benzene rings is 1. The minimum absolute atomic E-state index is 0.0882. The first-order valence-electron chi connectivity index (χ1n) is 10.6. The van der Waals surface area contributed by atoms with Gasteiger partial charge in [0.2, 0.25) is 5.95 Å². The first-order valence-corrected chi connectivity index (χ1v) is 10.6. The second-order valence-electron chi connectivity index (χ2n) is 8.13. The average Bonchev–Trinajstić information content (AvgIpc) is 3.05. The molecule has 1 aliphatic rings. The number of aromatic nitrogens is 3. The molecule has 0 N–H and O–H groups in total. The molecule has 0 aliphatic carbocycles. The van der Waals surface area contributed by atoms with Crippen LogP contribution in [0.3, 0.4) is 0 Å². The molecule has 1 fully saturated rings. The molecule has 0 spiro atoms. The molecule has 156 valence electrons. The number of hydrogen-bond acceptors (Lipinski definition) is 4. The normalized spacial score (nSPS) is 14.5.